The number of allylic oxidation sites excluding steroid dienone is 8. The third kappa shape index (κ3) is 42.4. The van der Waals surface area contributed by atoms with Crippen molar-refractivity contribution in [2.45, 2.75) is 232 Å². The van der Waals surface area contributed by atoms with Gasteiger partial charge in [0.25, 0.3) is 0 Å². The molecule has 0 radical (unpaired) electrons. The van der Waals surface area contributed by atoms with Crippen molar-refractivity contribution in [2.24, 2.45) is 0 Å². The van der Waals surface area contributed by atoms with Gasteiger partial charge in [-0.15, -0.1) is 0 Å². The van der Waals surface area contributed by atoms with E-state index in [2.05, 4.69) is 69.4 Å². The highest BCUT2D eigenvalue weighted by Gasteiger charge is 2.19. The average Bonchev–Trinajstić information content (AvgIpc) is 3.18. The summed E-state index contributed by atoms with van der Waals surface area (Å²) >= 11 is 0. The molecular formula is C49H86O6. The van der Waals surface area contributed by atoms with Gasteiger partial charge in [-0.3, -0.25) is 14.4 Å². The van der Waals surface area contributed by atoms with Crippen LogP contribution in [0.15, 0.2) is 48.6 Å². The monoisotopic (exact) mass is 771 g/mol. The zero-order valence-electron chi connectivity index (χ0n) is 36.2. The number of hydrogen-bond acceptors (Lipinski definition) is 6. The van der Waals surface area contributed by atoms with Crippen LogP contribution in [0.5, 0.6) is 0 Å². The SMILES string of the molecule is CCC/C=C\C/C=C\CCCCCCCC(=O)OCC(COC(=O)CCCCCCCCCCCCC)OC(=O)CCCCCCC/C=C\C/C=C\CCC. The Labute approximate surface area is 339 Å². The molecule has 0 aliphatic heterocycles. The molecule has 6 heteroatoms. The van der Waals surface area contributed by atoms with Crippen molar-refractivity contribution in [2.75, 3.05) is 13.2 Å². The summed E-state index contributed by atoms with van der Waals surface area (Å²) < 4.78 is 16.7. The van der Waals surface area contributed by atoms with E-state index in [1.165, 1.54) is 70.6 Å². The molecule has 0 amide bonds. The van der Waals surface area contributed by atoms with Crippen LogP contribution in [0.25, 0.3) is 0 Å². The summed E-state index contributed by atoms with van der Waals surface area (Å²) in [5.74, 6) is -0.912. The molecule has 0 N–H and O–H groups in total. The van der Waals surface area contributed by atoms with Crippen LogP contribution in [-0.2, 0) is 28.6 Å². The fourth-order valence-electron chi connectivity index (χ4n) is 6.28. The number of esters is 3. The van der Waals surface area contributed by atoms with Gasteiger partial charge in [0.2, 0.25) is 0 Å². The van der Waals surface area contributed by atoms with Gasteiger partial charge in [-0.05, 0) is 70.6 Å². The van der Waals surface area contributed by atoms with E-state index < -0.39 is 6.10 Å². The lowest BCUT2D eigenvalue weighted by Gasteiger charge is -2.18. The fourth-order valence-corrected chi connectivity index (χ4v) is 6.28. The van der Waals surface area contributed by atoms with E-state index in [9.17, 15) is 14.4 Å². The Morgan fingerprint density at radius 2 is 0.691 bits per heavy atom. The standard InChI is InChI=1S/C49H86O6/c1-4-7-10-13-16-19-22-24-27-30-33-36-39-42-48(51)54-45-46(44-53-47(50)41-38-35-32-29-26-21-18-15-12-9-6-3)55-49(52)43-40-37-34-31-28-25-23-20-17-14-11-8-5-2/h10-11,13-14,19-20,22-23,46H,4-9,12,15-18,21,24-45H2,1-3H3/b13-10-,14-11-,22-19-,23-20-. The highest BCUT2D eigenvalue weighted by atomic mass is 16.6. The van der Waals surface area contributed by atoms with Crippen molar-refractivity contribution in [1.82, 2.24) is 0 Å². The van der Waals surface area contributed by atoms with E-state index in [1.54, 1.807) is 0 Å². The molecule has 0 rings (SSSR count). The van der Waals surface area contributed by atoms with Crippen LogP contribution in [0.2, 0.25) is 0 Å². The quantitative estimate of drug-likeness (QED) is 0.0267. The Morgan fingerprint density at radius 3 is 1.07 bits per heavy atom. The summed E-state index contributed by atoms with van der Waals surface area (Å²) in [4.78, 5) is 37.7. The predicted molar refractivity (Wildman–Crippen MR) is 233 cm³/mol. The Morgan fingerprint density at radius 1 is 0.364 bits per heavy atom. The Balaban J connectivity index is 4.41. The summed E-state index contributed by atoms with van der Waals surface area (Å²) in [5, 5.41) is 0. The predicted octanol–water partition coefficient (Wildman–Crippen LogP) is 14.8. The molecule has 1 atom stereocenters. The number of carbonyl (C=O) groups excluding carboxylic acids is 3. The summed E-state index contributed by atoms with van der Waals surface area (Å²) in [6.45, 7) is 6.47. The number of carbonyl (C=O) groups is 3. The molecule has 0 spiro atoms. The van der Waals surface area contributed by atoms with Gasteiger partial charge in [-0.1, -0.05) is 185 Å². The van der Waals surface area contributed by atoms with Crippen LogP contribution in [-0.4, -0.2) is 37.2 Å². The molecule has 0 aromatic rings. The smallest absolute Gasteiger partial charge is 0.306 e. The van der Waals surface area contributed by atoms with Crippen molar-refractivity contribution in [3.63, 3.8) is 0 Å². The summed E-state index contributed by atoms with van der Waals surface area (Å²) in [6, 6.07) is 0. The molecule has 0 saturated heterocycles. The lowest BCUT2D eigenvalue weighted by Crippen LogP contribution is -2.30. The third-order valence-electron chi connectivity index (χ3n) is 9.77. The van der Waals surface area contributed by atoms with Gasteiger partial charge in [0.1, 0.15) is 13.2 Å². The Bertz CT molecular complexity index is 980. The minimum atomic E-state index is -0.781. The topological polar surface area (TPSA) is 78.9 Å². The van der Waals surface area contributed by atoms with Gasteiger partial charge >= 0.3 is 17.9 Å². The normalized spacial score (nSPS) is 12.4. The van der Waals surface area contributed by atoms with Crippen molar-refractivity contribution >= 4 is 17.9 Å². The first-order valence-electron chi connectivity index (χ1n) is 23.1. The molecule has 0 aromatic carbocycles. The Kier molecular flexibility index (Phi) is 42.0. The summed E-state index contributed by atoms with van der Waals surface area (Å²) in [5.41, 5.74) is 0. The number of rotatable bonds is 41. The lowest BCUT2D eigenvalue weighted by atomic mass is 10.1. The van der Waals surface area contributed by atoms with E-state index in [4.69, 9.17) is 14.2 Å². The van der Waals surface area contributed by atoms with Gasteiger partial charge in [-0.2, -0.15) is 0 Å². The number of ether oxygens (including phenoxy) is 3. The molecule has 6 nitrogen and oxygen atoms in total. The molecule has 0 heterocycles. The fraction of sp³-hybridized carbons (Fsp3) is 0.776. The molecule has 318 valence electrons. The first-order valence-corrected chi connectivity index (χ1v) is 23.1. The number of hydrogen-bond donors (Lipinski definition) is 0. The van der Waals surface area contributed by atoms with Gasteiger partial charge in [0.15, 0.2) is 6.10 Å². The molecule has 0 saturated carbocycles. The minimum absolute atomic E-state index is 0.0821. The van der Waals surface area contributed by atoms with Crippen molar-refractivity contribution in [3.8, 4) is 0 Å². The van der Waals surface area contributed by atoms with Crippen LogP contribution < -0.4 is 0 Å². The molecule has 0 aliphatic rings. The molecule has 0 bridgehead atoms. The zero-order chi connectivity index (χ0) is 40.1. The Hall–Kier alpha value is -2.63. The molecule has 1 unspecified atom stereocenters. The molecular weight excluding hydrogens is 685 g/mol. The van der Waals surface area contributed by atoms with E-state index in [0.717, 1.165) is 116 Å². The van der Waals surface area contributed by atoms with Crippen molar-refractivity contribution < 1.29 is 28.6 Å². The van der Waals surface area contributed by atoms with E-state index in [0.29, 0.717) is 19.3 Å². The third-order valence-corrected chi connectivity index (χ3v) is 9.77. The second-order valence-electron chi connectivity index (χ2n) is 15.3. The van der Waals surface area contributed by atoms with Gasteiger partial charge < -0.3 is 14.2 Å². The van der Waals surface area contributed by atoms with Gasteiger partial charge in [-0.25, -0.2) is 0 Å². The second-order valence-corrected chi connectivity index (χ2v) is 15.3. The maximum absolute atomic E-state index is 12.7. The molecule has 0 aliphatic carbocycles. The van der Waals surface area contributed by atoms with Crippen LogP contribution in [0.4, 0.5) is 0 Å². The minimum Gasteiger partial charge on any atom is -0.462 e. The van der Waals surface area contributed by atoms with Gasteiger partial charge in [0, 0.05) is 19.3 Å². The zero-order valence-corrected chi connectivity index (χ0v) is 36.2. The largest absolute Gasteiger partial charge is 0.462 e. The van der Waals surface area contributed by atoms with Crippen LogP contribution in [0, 0.1) is 0 Å². The second kappa shape index (κ2) is 44.1. The maximum atomic E-state index is 12.7. The highest BCUT2D eigenvalue weighted by molar-refractivity contribution is 5.71. The highest BCUT2D eigenvalue weighted by Crippen LogP contribution is 2.14. The number of unbranched alkanes of at least 4 members (excludes halogenated alkanes) is 22. The van der Waals surface area contributed by atoms with Crippen LogP contribution in [0.3, 0.4) is 0 Å². The lowest BCUT2D eigenvalue weighted by molar-refractivity contribution is -0.167. The van der Waals surface area contributed by atoms with E-state index >= 15 is 0 Å². The molecule has 0 aromatic heterocycles. The van der Waals surface area contributed by atoms with Gasteiger partial charge in [0.05, 0.1) is 0 Å². The maximum Gasteiger partial charge on any atom is 0.306 e. The first kappa shape index (κ1) is 52.4. The van der Waals surface area contributed by atoms with Crippen LogP contribution in [0.1, 0.15) is 226 Å². The summed E-state index contributed by atoms with van der Waals surface area (Å²) in [6.07, 6.45) is 50.8. The van der Waals surface area contributed by atoms with E-state index in [1.807, 2.05) is 0 Å². The average molecular weight is 771 g/mol. The molecule has 55 heavy (non-hydrogen) atoms. The van der Waals surface area contributed by atoms with Crippen LogP contribution >= 0.6 is 0 Å². The first-order chi connectivity index (χ1) is 27.0. The summed E-state index contributed by atoms with van der Waals surface area (Å²) in [7, 11) is 0. The van der Waals surface area contributed by atoms with Crippen molar-refractivity contribution in [1.29, 1.82) is 0 Å². The van der Waals surface area contributed by atoms with Crippen molar-refractivity contribution in [3.05, 3.63) is 48.6 Å². The molecule has 0 fully saturated rings. The van der Waals surface area contributed by atoms with E-state index in [-0.39, 0.29) is 31.1 Å².